The Balaban J connectivity index is 1.56. The van der Waals surface area contributed by atoms with Gasteiger partial charge in [-0.05, 0) is 23.8 Å². The number of hydrogen-bond donors (Lipinski definition) is 4. The molecule has 2 aromatic carbocycles. The van der Waals surface area contributed by atoms with E-state index in [4.69, 9.17) is 11.6 Å². The maximum atomic E-state index is 12.9. The Morgan fingerprint density at radius 1 is 1.07 bits per heavy atom. The van der Waals surface area contributed by atoms with E-state index in [0.29, 0.717) is 22.8 Å². The first-order chi connectivity index (χ1) is 14.6. The van der Waals surface area contributed by atoms with Crippen molar-refractivity contribution < 1.29 is 9.59 Å². The zero-order valence-corrected chi connectivity index (χ0v) is 16.7. The van der Waals surface area contributed by atoms with Gasteiger partial charge < -0.3 is 20.6 Å². The van der Waals surface area contributed by atoms with Gasteiger partial charge in [-0.3, -0.25) is 9.59 Å². The van der Waals surface area contributed by atoms with Gasteiger partial charge >= 0.3 is 0 Å². The minimum atomic E-state index is -0.789. The number of hydrogen-bond acceptors (Lipinski definition) is 3. The molecule has 0 aliphatic carbocycles. The molecule has 0 saturated carbocycles. The number of aromatic nitrogens is 3. The second kappa shape index (κ2) is 8.84. The monoisotopic (exact) mass is 421 g/mol. The van der Waals surface area contributed by atoms with E-state index in [1.54, 1.807) is 36.7 Å². The third-order valence-electron chi connectivity index (χ3n) is 4.82. The summed E-state index contributed by atoms with van der Waals surface area (Å²) in [5.41, 5.74) is 2.23. The lowest BCUT2D eigenvalue weighted by molar-refractivity contribution is -0.123. The Hall–Kier alpha value is -3.58. The van der Waals surface area contributed by atoms with Crippen molar-refractivity contribution >= 4 is 34.3 Å². The van der Waals surface area contributed by atoms with Crippen LogP contribution in [0.25, 0.3) is 10.9 Å². The number of aromatic amines is 2. The first-order valence-corrected chi connectivity index (χ1v) is 9.86. The van der Waals surface area contributed by atoms with Crippen LogP contribution < -0.4 is 10.6 Å². The molecule has 0 saturated heterocycles. The summed E-state index contributed by atoms with van der Waals surface area (Å²) in [7, 11) is 0. The van der Waals surface area contributed by atoms with Crippen molar-refractivity contribution in [2.45, 2.75) is 19.0 Å². The van der Waals surface area contributed by atoms with E-state index in [-0.39, 0.29) is 12.5 Å². The third-order valence-corrected chi connectivity index (χ3v) is 5.15. The molecule has 0 spiro atoms. The molecular formula is C22H20ClN5O2. The van der Waals surface area contributed by atoms with E-state index in [1.165, 1.54) is 0 Å². The Bertz CT molecular complexity index is 1170. The van der Waals surface area contributed by atoms with E-state index in [1.807, 2.05) is 30.5 Å². The van der Waals surface area contributed by atoms with Crippen molar-refractivity contribution in [3.05, 3.63) is 89.1 Å². The van der Waals surface area contributed by atoms with E-state index >= 15 is 0 Å². The van der Waals surface area contributed by atoms with Gasteiger partial charge in [0.2, 0.25) is 5.91 Å². The van der Waals surface area contributed by atoms with Gasteiger partial charge in [-0.2, -0.15) is 0 Å². The number of para-hydroxylation sites is 1. The summed E-state index contributed by atoms with van der Waals surface area (Å²) in [5, 5.41) is 6.99. The molecule has 0 radical (unpaired) electrons. The zero-order valence-electron chi connectivity index (χ0n) is 16.0. The molecule has 152 valence electrons. The van der Waals surface area contributed by atoms with Crippen LogP contribution in [0.3, 0.4) is 0 Å². The summed E-state index contributed by atoms with van der Waals surface area (Å²) in [4.78, 5) is 36.0. The summed E-state index contributed by atoms with van der Waals surface area (Å²) >= 11 is 6.15. The number of imidazole rings is 1. The second-order valence-corrected chi connectivity index (χ2v) is 7.23. The van der Waals surface area contributed by atoms with Crippen molar-refractivity contribution in [2.75, 3.05) is 0 Å². The van der Waals surface area contributed by atoms with E-state index in [9.17, 15) is 9.59 Å². The number of fused-ring (bicyclic) bond motifs is 1. The molecular weight excluding hydrogens is 402 g/mol. The van der Waals surface area contributed by atoms with Crippen LogP contribution >= 0.6 is 11.6 Å². The fourth-order valence-electron chi connectivity index (χ4n) is 3.30. The van der Waals surface area contributed by atoms with Gasteiger partial charge in [-0.15, -0.1) is 0 Å². The van der Waals surface area contributed by atoms with E-state index < -0.39 is 11.9 Å². The van der Waals surface area contributed by atoms with Crippen molar-refractivity contribution in [3.8, 4) is 0 Å². The lowest BCUT2D eigenvalue weighted by Crippen LogP contribution is -2.48. The molecule has 4 aromatic rings. The molecule has 0 bridgehead atoms. The lowest BCUT2D eigenvalue weighted by Gasteiger charge is -2.18. The molecule has 4 rings (SSSR count). The number of rotatable bonds is 7. The molecule has 30 heavy (non-hydrogen) atoms. The largest absolute Gasteiger partial charge is 0.361 e. The molecule has 0 aliphatic heterocycles. The molecule has 4 N–H and O–H groups in total. The predicted molar refractivity (Wildman–Crippen MR) is 115 cm³/mol. The Morgan fingerprint density at radius 3 is 2.67 bits per heavy atom. The standard InChI is InChI=1S/C22H20ClN5O2/c23-17-7-3-1-6-16(17)21(29)28-19(22(30)27-13-20-24-9-10-25-20)11-14-12-26-18-8-4-2-5-15(14)18/h1-10,12,19,26H,11,13H2,(H,24,25)(H,27,30)(H,28,29). The average Bonchev–Trinajstić information content (AvgIpc) is 3.42. The summed E-state index contributed by atoms with van der Waals surface area (Å²) in [6.07, 6.45) is 5.48. The molecule has 7 nitrogen and oxygen atoms in total. The molecule has 2 heterocycles. The van der Waals surface area contributed by atoms with Crippen LogP contribution in [0.2, 0.25) is 5.02 Å². The second-order valence-electron chi connectivity index (χ2n) is 6.82. The number of H-pyrrole nitrogens is 2. The summed E-state index contributed by atoms with van der Waals surface area (Å²) in [6.45, 7) is 0.234. The van der Waals surface area contributed by atoms with Crippen molar-refractivity contribution in [2.24, 2.45) is 0 Å². The van der Waals surface area contributed by atoms with Gasteiger partial charge in [0.1, 0.15) is 11.9 Å². The lowest BCUT2D eigenvalue weighted by atomic mass is 10.0. The molecule has 1 unspecified atom stereocenters. The SMILES string of the molecule is O=C(NC(Cc1c[nH]c2ccccc12)C(=O)NCc1ncc[nH]1)c1ccccc1Cl. The van der Waals surface area contributed by atoms with Gasteiger partial charge in [0.15, 0.2) is 0 Å². The zero-order chi connectivity index (χ0) is 20.9. The van der Waals surface area contributed by atoms with Crippen LogP contribution in [0.15, 0.2) is 67.1 Å². The van der Waals surface area contributed by atoms with Gasteiger partial charge in [0, 0.05) is 35.9 Å². The van der Waals surface area contributed by atoms with Crippen molar-refractivity contribution in [3.63, 3.8) is 0 Å². The number of halogens is 1. The first kappa shape index (κ1) is 19.7. The maximum absolute atomic E-state index is 12.9. The normalized spacial score (nSPS) is 11.9. The molecule has 1 atom stereocenters. The highest BCUT2D eigenvalue weighted by molar-refractivity contribution is 6.33. The summed E-state index contributed by atoms with van der Waals surface area (Å²) < 4.78 is 0. The Labute approximate surface area is 177 Å². The van der Waals surface area contributed by atoms with Gasteiger partial charge in [-0.1, -0.05) is 41.9 Å². The number of carbonyl (C=O) groups excluding carboxylic acids is 2. The average molecular weight is 422 g/mol. The predicted octanol–water partition coefficient (Wildman–Crippen LogP) is 3.20. The van der Waals surface area contributed by atoms with Crippen LogP contribution in [0.1, 0.15) is 21.7 Å². The van der Waals surface area contributed by atoms with E-state index in [0.717, 1.165) is 16.5 Å². The minimum Gasteiger partial charge on any atom is -0.361 e. The van der Waals surface area contributed by atoms with Crippen LogP contribution in [-0.2, 0) is 17.8 Å². The van der Waals surface area contributed by atoms with Crippen LogP contribution in [-0.4, -0.2) is 32.8 Å². The molecule has 0 fully saturated rings. The molecule has 2 amide bonds. The fraction of sp³-hybridized carbons (Fsp3) is 0.136. The highest BCUT2D eigenvalue weighted by atomic mass is 35.5. The highest BCUT2D eigenvalue weighted by Crippen LogP contribution is 2.20. The first-order valence-electron chi connectivity index (χ1n) is 9.48. The molecule has 2 aromatic heterocycles. The summed E-state index contributed by atoms with van der Waals surface area (Å²) in [6, 6.07) is 13.8. The quantitative estimate of drug-likeness (QED) is 0.368. The number of carbonyl (C=O) groups is 2. The number of nitrogens with one attached hydrogen (secondary N) is 4. The minimum absolute atomic E-state index is 0.234. The third kappa shape index (κ3) is 4.36. The fourth-order valence-corrected chi connectivity index (χ4v) is 3.52. The van der Waals surface area contributed by atoms with E-state index in [2.05, 4.69) is 25.6 Å². The maximum Gasteiger partial charge on any atom is 0.253 e. The highest BCUT2D eigenvalue weighted by Gasteiger charge is 2.24. The van der Waals surface area contributed by atoms with Crippen LogP contribution in [0.5, 0.6) is 0 Å². The molecule has 0 aliphatic rings. The van der Waals surface area contributed by atoms with Gasteiger partial charge in [0.25, 0.3) is 5.91 Å². The Kier molecular flexibility index (Phi) is 5.81. The van der Waals surface area contributed by atoms with Crippen LogP contribution in [0.4, 0.5) is 0 Å². The molecule has 8 heteroatoms. The van der Waals surface area contributed by atoms with Gasteiger partial charge in [0.05, 0.1) is 17.1 Å². The number of benzene rings is 2. The number of nitrogens with zero attached hydrogens (tertiary/aromatic N) is 1. The smallest absolute Gasteiger partial charge is 0.253 e. The van der Waals surface area contributed by atoms with Gasteiger partial charge in [-0.25, -0.2) is 4.98 Å². The van der Waals surface area contributed by atoms with Crippen molar-refractivity contribution in [1.29, 1.82) is 0 Å². The Morgan fingerprint density at radius 2 is 1.87 bits per heavy atom. The summed E-state index contributed by atoms with van der Waals surface area (Å²) in [5.74, 6) is -0.0812. The number of amides is 2. The van der Waals surface area contributed by atoms with Crippen molar-refractivity contribution in [1.82, 2.24) is 25.6 Å². The topological polar surface area (TPSA) is 103 Å². The van der Waals surface area contributed by atoms with Crippen LogP contribution in [0, 0.1) is 0 Å².